The Morgan fingerprint density at radius 2 is 2.10 bits per heavy atom. The molecule has 0 rings (SSSR count). The fraction of sp³-hybridized carbons (Fsp3) is 0.833. The van der Waals surface area contributed by atoms with E-state index < -0.39 is 0 Å². The first-order valence-corrected chi connectivity index (χ1v) is 3.12. The number of nitrogens with zero attached hydrogens (tertiary/aromatic N) is 2. The summed E-state index contributed by atoms with van der Waals surface area (Å²) in [5, 5.41) is 8.00. The van der Waals surface area contributed by atoms with Crippen molar-refractivity contribution in [1.29, 1.82) is 5.26 Å². The van der Waals surface area contributed by atoms with E-state index in [1.165, 1.54) is 0 Å². The number of quaternary nitrogens is 1. The molecule has 4 heteroatoms. The van der Waals surface area contributed by atoms with Crippen LogP contribution in [0.5, 0.6) is 0 Å². The molecular weight excluding hydrogens is 130 g/mol. The Hall–Kier alpha value is -0.790. The number of hydroxylamine groups is 1. The molecule has 0 saturated heterocycles. The molecule has 0 heterocycles. The molecule has 0 aliphatic carbocycles. The van der Waals surface area contributed by atoms with Crippen molar-refractivity contribution in [3.05, 3.63) is 0 Å². The second-order valence-corrected chi connectivity index (χ2v) is 3.08. The van der Waals surface area contributed by atoms with Crippen LogP contribution in [0.3, 0.4) is 0 Å². The van der Waals surface area contributed by atoms with Crippen molar-refractivity contribution >= 4 is 0 Å². The lowest BCUT2D eigenvalue weighted by Gasteiger charge is -2.22. The second kappa shape index (κ2) is 4.09. The maximum Gasteiger partial charge on any atom is 0.202 e. The molecule has 0 spiro atoms. The molecule has 0 amide bonds. The average Bonchev–Trinajstić information content (AvgIpc) is 1.78. The molecule has 0 aromatic heterocycles. The minimum atomic E-state index is 0.553. The second-order valence-electron chi connectivity index (χ2n) is 3.08. The van der Waals surface area contributed by atoms with Gasteiger partial charge in [-0.15, -0.1) is 0 Å². The van der Waals surface area contributed by atoms with E-state index in [-0.39, 0.29) is 0 Å². The van der Waals surface area contributed by atoms with Crippen LogP contribution in [0.2, 0.25) is 0 Å². The lowest BCUT2D eigenvalue weighted by atomic mass is 10.5. The molecule has 4 nitrogen and oxygen atoms in total. The Morgan fingerprint density at radius 3 is 2.50 bits per heavy atom. The van der Waals surface area contributed by atoms with Gasteiger partial charge < -0.3 is 4.48 Å². The molecule has 10 heavy (non-hydrogen) atoms. The molecule has 0 aromatic carbocycles. The molecule has 0 aliphatic heterocycles. The third-order valence-corrected chi connectivity index (χ3v) is 0.982. The highest BCUT2D eigenvalue weighted by Crippen LogP contribution is 1.87. The normalized spacial score (nSPS) is 10.6. The Balaban J connectivity index is 3.14. The summed E-state index contributed by atoms with van der Waals surface area (Å²) >= 11 is 0. The maximum atomic E-state index is 8.00. The van der Waals surface area contributed by atoms with E-state index >= 15 is 0 Å². The SMILES string of the molecule is C[N+](C)(C)CCONC#N. The van der Waals surface area contributed by atoms with Gasteiger partial charge in [-0.05, 0) is 0 Å². The van der Waals surface area contributed by atoms with Gasteiger partial charge in [-0.25, -0.2) is 5.48 Å². The third kappa shape index (κ3) is 7.21. The zero-order chi connectivity index (χ0) is 8.04. The lowest BCUT2D eigenvalue weighted by Crippen LogP contribution is -2.38. The lowest BCUT2D eigenvalue weighted by molar-refractivity contribution is -0.870. The molecule has 1 N–H and O–H groups in total. The van der Waals surface area contributed by atoms with Crippen LogP contribution in [0, 0.1) is 11.5 Å². The molecule has 0 aliphatic rings. The molecule has 0 saturated carbocycles. The van der Waals surface area contributed by atoms with Crippen molar-refractivity contribution in [2.75, 3.05) is 34.3 Å². The molecule has 0 unspecified atom stereocenters. The minimum Gasteiger partial charge on any atom is -0.329 e. The van der Waals surface area contributed by atoms with Crippen LogP contribution >= 0.6 is 0 Å². The molecule has 0 radical (unpaired) electrons. The average molecular weight is 144 g/mol. The van der Waals surface area contributed by atoms with Gasteiger partial charge in [0, 0.05) is 0 Å². The fourth-order valence-electron chi connectivity index (χ4n) is 0.403. The summed E-state index contributed by atoms with van der Waals surface area (Å²) < 4.78 is 0.840. The van der Waals surface area contributed by atoms with Crippen molar-refractivity contribution in [3.8, 4) is 6.19 Å². The van der Waals surface area contributed by atoms with Gasteiger partial charge in [0.25, 0.3) is 0 Å². The molecular formula is C6H14N3O+. The number of hydrogen-bond donors (Lipinski definition) is 1. The van der Waals surface area contributed by atoms with E-state index in [2.05, 4.69) is 26.6 Å². The summed E-state index contributed by atoms with van der Waals surface area (Å²) in [5.74, 6) is 0. The van der Waals surface area contributed by atoms with Gasteiger partial charge in [0.2, 0.25) is 6.19 Å². The highest BCUT2D eigenvalue weighted by Gasteiger charge is 2.04. The largest absolute Gasteiger partial charge is 0.329 e. The van der Waals surface area contributed by atoms with E-state index in [1.54, 1.807) is 6.19 Å². The summed E-state index contributed by atoms with van der Waals surface area (Å²) in [6.07, 6.45) is 1.67. The van der Waals surface area contributed by atoms with Crippen molar-refractivity contribution in [2.45, 2.75) is 0 Å². The van der Waals surface area contributed by atoms with E-state index in [9.17, 15) is 0 Å². The van der Waals surface area contributed by atoms with Crippen molar-refractivity contribution in [3.63, 3.8) is 0 Å². The predicted molar refractivity (Wildman–Crippen MR) is 37.6 cm³/mol. The first-order chi connectivity index (χ1) is 4.56. The van der Waals surface area contributed by atoms with Crippen LogP contribution in [0.15, 0.2) is 0 Å². The molecule has 0 atom stereocenters. The fourth-order valence-corrected chi connectivity index (χ4v) is 0.403. The summed E-state index contributed by atoms with van der Waals surface area (Å²) in [4.78, 5) is 4.73. The number of likely N-dealkylation sites (N-methyl/N-ethyl adjacent to an activating group) is 1. The standard InChI is InChI=1S/C6H14N3O/c1-9(2,3)4-5-10-8-6-7/h8H,4-5H2,1-3H3/q+1. The Labute approximate surface area is 61.5 Å². The highest BCUT2D eigenvalue weighted by atomic mass is 16.6. The Morgan fingerprint density at radius 1 is 1.50 bits per heavy atom. The highest BCUT2D eigenvalue weighted by molar-refractivity contribution is 4.52. The van der Waals surface area contributed by atoms with Gasteiger partial charge in [0.05, 0.1) is 21.1 Å². The zero-order valence-electron chi connectivity index (χ0n) is 6.72. The van der Waals surface area contributed by atoms with Crippen LogP contribution in [-0.2, 0) is 4.84 Å². The van der Waals surface area contributed by atoms with Gasteiger partial charge >= 0.3 is 0 Å². The maximum absolute atomic E-state index is 8.00. The molecule has 0 bridgehead atoms. The third-order valence-electron chi connectivity index (χ3n) is 0.982. The van der Waals surface area contributed by atoms with Gasteiger partial charge in [0.1, 0.15) is 13.2 Å². The number of rotatable bonds is 4. The van der Waals surface area contributed by atoms with E-state index in [0.29, 0.717) is 6.61 Å². The Kier molecular flexibility index (Phi) is 3.77. The van der Waals surface area contributed by atoms with E-state index in [0.717, 1.165) is 11.0 Å². The van der Waals surface area contributed by atoms with Crippen molar-refractivity contribution in [2.24, 2.45) is 0 Å². The molecule has 0 aromatic rings. The quantitative estimate of drug-likeness (QED) is 0.194. The van der Waals surface area contributed by atoms with Crippen LogP contribution < -0.4 is 5.48 Å². The van der Waals surface area contributed by atoms with Crippen LogP contribution in [-0.4, -0.2) is 38.8 Å². The smallest absolute Gasteiger partial charge is 0.202 e. The van der Waals surface area contributed by atoms with E-state index in [1.807, 2.05) is 0 Å². The predicted octanol–water partition coefficient (Wildman–Crippen LogP) is -0.305. The molecule has 0 fully saturated rings. The van der Waals surface area contributed by atoms with Crippen LogP contribution in [0.1, 0.15) is 0 Å². The first kappa shape index (κ1) is 9.21. The number of nitrogens with one attached hydrogen (secondary N) is 1. The first-order valence-electron chi connectivity index (χ1n) is 3.12. The summed E-state index contributed by atoms with van der Waals surface area (Å²) in [6.45, 7) is 1.44. The van der Waals surface area contributed by atoms with Gasteiger partial charge in [-0.3, -0.25) is 4.84 Å². The van der Waals surface area contributed by atoms with Gasteiger partial charge in [-0.2, -0.15) is 5.26 Å². The summed E-state index contributed by atoms with van der Waals surface area (Å²) in [6, 6.07) is 0. The van der Waals surface area contributed by atoms with Crippen LogP contribution in [0.4, 0.5) is 0 Å². The summed E-state index contributed by atoms with van der Waals surface area (Å²) in [7, 11) is 6.20. The number of nitriles is 1. The summed E-state index contributed by atoms with van der Waals surface area (Å²) in [5.41, 5.74) is 2.12. The van der Waals surface area contributed by atoms with Crippen molar-refractivity contribution < 1.29 is 9.32 Å². The van der Waals surface area contributed by atoms with Gasteiger partial charge in [-0.1, -0.05) is 0 Å². The topological polar surface area (TPSA) is 45.0 Å². The van der Waals surface area contributed by atoms with Crippen molar-refractivity contribution in [1.82, 2.24) is 5.48 Å². The van der Waals surface area contributed by atoms with Gasteiger partial charge in [0.15, 0.2) is 0 Å². The van der Waals surface area contributed by atoms with Crippen LogP contribution in [0.25, 0.3) is 0 Å². The Bertz CT molecular complexity index is 122. The zero-order valence-corrected chi connectivity index (χ0v) is 6.72. The van der Waals surface area contributed by atoms with E-state index in [4.69, 9.17) is 10.1 Å². The molecule has 58 valence electrons. The number of hydrogen-bond acceptors (Lipinski definition) is 3. The monoisotopic (exact) mass is 144 g/mol. The minimum absolute atomic E-state index is 0.553.